The summed E-state index contributed by atoms with van der Waals surface area (Å²) in [5.41, 5.74) is 0. The molecular formula is C10H27NO3. The van der Waals surface area contributed by atoms with Crippen molar-refractivity contribution in [1.82, 2.24) is 5.32 Å². The Morgan fingerprint density at radius 3 is 2.00 bits per heavy atom. The van der Waals surface area contributed by atoms with Crippen LogP contribution in [0.5, 0.6) is 0 Å². The second-order valence-electron chi connectivity index (χ2n) is 2.44. The van der Waals surface area contributed by atoms with Gasteiger partial charge in [0.25, 0.3) is 0 Å². The van der Waals surface area contributed by atoms with E-state index < -0.39 is 6.10 Å². The van der Waals surface area contributed by atoms with Crippen molar-refractivity contribution in [3.05, 3.63) is 0 Å². The summed E-state index contributed by atoms with van der Waals surface area (Å²) in [6.07, 6.45) is 2.23. The second-order valence-corrected chi connectivity index (χ2v) is 2.44. The normalized spacial score (nSPS) is 10.5. The van der Waals surface area contributed by atoms with Crippen LogP contribution in [0, 0.1) is 0 Å². The van der Waals surface area contributed by atoms with E-state index in [4.69, 9.17) is 15.3 Å². The predicted octanol–water partition coefficient (Wildman–Crippen LogP) is 0.364. The minimum Gasteiger partial charge on any atom is -0.400 e. The van der Waals surface area contributed by atoms with Crippen LogP contribution < -0.4 is 5.32 Å². The Morgan fingerprint density at radius 1 is 1.14 bits per heavy atom. The van der Waals surface area contributed by atoms with Gasteiger partial charge in [0, 0.05) is 7.11 Å². The lowest BCUT2D eigenvalue weighted by molar-refractivity contribution is 0.0862. The van der Waals surface area contributed by atoms with E-state index in [2.05, 4.69) is 5.32 Å². The maximum Gasteiger partial charge on any atom is 0.0770 e. The molecule has 0 fully saturated rings. The molecule has 0 saturated heterocycles. The molecule has 1 atom stereocenters. The fraction of sp³-hybridized carbons (Fsp3) is 1.00. The van der Waals surface area contributed by atoms with Crippen molar-refractivity contribution in [2.45, 2.75) is 39.2 Å². The Hall–Kier alpha value is -0.160. The molecule has 90 valence electrons. The lowest BCUT2D eigenvalue weighted by atomic mass is 10.1. The predicted molar refractivity (Wildman–Crippen MR) is 60.4 cm³/mol. The number of hydrogen-bond acceptors (Lipinski definition) is 4. The van der Waals surface area contributed by atoms with Crippen LogP contribution in [0.2, 0.25) is 0 Å². The van der Waals surface area contributed by atoms with Gasteiger partial charge in [0.1, 0.15) is 0 Å². The maximum absolute atomic E-state index is 8.89. The molecule has 0 spiro atoms. The lowest BCUT2D eigenvalue weighted by Gasteiger charge is -2.05. The van der Waals surface area contributed by atoms with Gasteiger partial charge in [0.15, 0.2) is 0 Å². The summed E-state index contributed by atoms with van der Waals surface area (Å²) in [6, 6.07) is 0. The molecule has 4 heteroatoms. The highest BCUT2D eigenvalue weighted by atomic mass is 16.3. The molecule has 0 aliphatic heterocycles. The highest BCUT2D eigenvalue weighted by molar-refractivity contribution is 4.53. The van der Waals surface area contributed by atoms with Gasteiger partial charge in [-0.3, -0.25) is 0 Å². The van der Waals surface area contributed by atoms with E-state index >= 15 is 0 Å². The zero-order chi connectivity index (χ0) is 11.8. The van der Waals surface area contributed by atoms with E-state index in [0.29, 0.717) is 6.42 Å². The summed E-state index contributed by atoms with van der Waals surface area (Å²) in [4.78, 5) is 0. The Labute approximate surface area is 88.0 Å². The number of unbranched alkanes of at least 4 members (excludes halogenated alkanes) is 1. The zero-order valence-electron chi connectivity index (χ0n) is 9.95. The van der Waals surface area contributed by atoms with Crippen molar-refractivity contribution < 1.29 is 15.3 Å². The van der Waals surface area contributed by atoms with Crippen LogP contribution >= 0.6 is 0 Å². The topological polar surface area (TPSA) is 72.7 Å². The molecule has 0 saturated carbocycles. The first kappa shape index (κ1) is 19.4. The first-order chi connectivity index (χ1) is 6.81. The van der Waals surface area contributed by atoms with Crippen LogP contribution in [-0.2, 0) is 0 Å². The van der Waals surface area contributed by atoms with Gasteiger partial charge in [-0.2, -0.15) is 0 Å². The number of rotatable bonds is 6. The standard InChI is InChI=1S/C7H17NO2.C2H6.CH4O/c1-8-5-3-2-4-7(10)6-9;2*1-2/h7-10H,2-6H2,1H3;1-2H3;2H,1H3. The number of hydrogen-bond donors (Lipinski definition) is 4. The lowest BCUT2D eigenvalue weighted by Crippen LogP contribution is -2.13. The molecule has 4 nitrogen and oxygen atoms in total. The number of aliphatic hydroxyl groups is 3. The summed E-state index contributed by atoms with van der Waals surface area (Å²) in [5.74, 6) is 0. The van der Waals surface area contributed by atoms with Crippen molar-refractivity contribution in [1.29, 1.82) is 0 Å². The van der Waals surface area contributed by atoms with Gasteiger partial charge >= 0.3 is 0 Å². The fourth-order valence-electron chi connectivity index (χ4n) is 0.773. The van der Waals surface area contributed by atoms with E-state index in [1.54, 1.807) is 0 Å². The second kappa shape index (κ2) is 23.0. The average Bonchev–Trinajstić information content (AvgIpc) is 2.29. The molecule has 4 N–H and O–H groups in total. The highest BCUT2D eigenvalue weighted by Gasteiger charge is 1.99. The minimum absolute atomic E-state index is 0.112. The molecule has 0 aromatic heterocycles. The third kappa shape index (κ3) is 22.6. The first-order valence-electron chi connectivity index (χ1n) is 5.19. The third-order valence-corrected chi connectivity index (χ3v) is 1.42. The maximum atomic E-state index is 8.89. The first-order valence-corrected chi connectivity index (χ1v) is 5.19. The van der Waals surface area contributed by atoms with Crippen LogP contribution in [0.15, 0.2) is 0 Å². The molecule has 0 radical (unpaired) electrons. The summed E-state index contributed by atoms with van der Waals surface area (Å²) in [7, 11) is 2.91. The van der Waals surface area contributed by atoms with Crippen LogP contribution in [0.3, 0.4) is 0 Å². The molecule has 0 heterocycles. The van der Waals surface area contributed by atoms with Gasteiger partial charge in [0.2, 0.25) is 0 Å². The molecule has 14 heavy (non-hydrogen) atoms. The fourth-order valence-corrected chi connectivity index (χ4v) is 0.773. The summed E-state index contributed by atoms with van der Waals surface area (Å²) in [5, 5.41) is 27.3. The summed E-state index contributed by atoms with van der Waals surface area (Å²) >= 11 is 0. The zero-order valence-corrected chi connectivity index (χ0v) is 9.95. The molecule has 0 rings (SSSR count). The smallest absolute Gasteiger partial charge is 0.0770 e. The van der Waals surface area contributed by atoms with Crippen molar-refractivity contribution >= 4 is 0 Å². The van der Waals surface area contributed by atoms with E-state index in [1.165, 1.54) is 0 Å². The van der Waals surface area contributed by atoms with Gasteiger partial charge in [0.05, 0.1) is 12.7 Å². The molecular weight excluding hydrogens is 182 g/mol. The van der Waals surface area contributed by atoms with Gasteiger partial charge in [-0.25, -0.2) is 0 Å². The van der Waals surface area contributed by atoms with Crippen LogP contribution in [-0.4, -0.2) is 48.7 Å². The Bertz CT molecular complexity index is 72.4. The Balaban J connectivity index is -0.000000266. The van der Waals surface area contributed by atoms with E-state index in [1.807, 2.05) is 20.9 Å². The van der Waals surface area contributed by atoms with E-state index in [0.717, 1.165) is 26.5 Å². The average molecular weight is 209 g/mol. The van der Waals surface area contributed by atoms with Crippen LogP contribution in [0.25, 0.3) is 0 Å². The SMILES string of the molecule is CC.CNCCCCC(O)CO.CO. The van der Waals surface area contributed by atoms with Crippen molar-refractivity contribution in [3.63, 3.8) is 0 Å². The molecule has 1 unspecified atom stereocenters. The molecule has 0 bridgehead atoms. The molecule has 0 aliphatic rings. The molecule has 0 aliphatic carbocycles. The molecule has 0 aromatic rings. The number of nitrogens with one attached hydrogen (secondary N) is 1. The van der Waals surface area contributed by atoms with Gasteiger partial charge in [-0.15, -0.1) is 0 Å². The third-order valence-electron chi connectivity index (χ3n) is 1.42. The monoisotopic (exact) mass is 209 g/mol. The minimum atomic E-state index is -0.517. The van der Waals surface area contributed by atoms with Crippen molar-refractivity contribution in [3.8, 4) is 0 Å². The molecule has 0 aromatic carbocycles. The van der Waals surface area contributed by atoms with Crippen molar-refractivity contribution in [2.24, 2.45) is 0 Å². The quantitative estimate of drug-likeness (QED) is 0.477. The van der Waals surface area contributed by atoms with Crippen molar-refractivity contribution in [2.75, 3.05) is 27.3 Å². The number of aliphatic hydroxyl groups excluding tert-OH is 3. The van der Waals surface area contributed by atoms with Gasteiger partial charge < -0.3 is 20.6 Å². The highest BCUT2D eigenvalue weighted by Crippen LogP contribution is 1.98. The van der Waals surface area contributed by atoms with Crippen LogP contribution in [0.4, 0.5) is 0 Å². The largest absolute Gasteiger partial charge is 0.400 e. The van der Waals surface area contributed by atoms with Gasteiger partial charge in [-0.05, 0) is 32.9 Å². The van der Waals surface area contributed by atoms with Crippen LogP contribution in [0.1, 0.15) is 33.1 Å². The summed E-state index contributed by atoms with van der Waals surface area (Å²) in [6.45, 7) is 4.87. The van der Waals surface area contributed by atoms with E-state index in [9.17, 15) is 0 Å². The Kier molecular flexibility index (Phi) is 31.9. The molecule has 0 amide bonds. The van der Waals surface area contributed by atoms with Gasteiger partial charge in [-0.1, -0.05) is 13.8 Å². The summed E-state index contributed by atoms with van der Waals surface area (Å²) < 4.78 is 0. The Morgan fingerprint density at radius 2 is 1.64 bits per heavy atom. The van der Waals surface area contributed by atoms with E-state index in [-0.39, 0.29) is 6.61 Å².